The predicted octanol–water partition coefficient (Wildman–Crippen LogP) is 2.99. The molecule has 0 fully saturated rings. The van der Waals surface area contributed by atoms with Crippen LogP contribution in [-0.2, 0) is 0 Å². The summed E-state index contributed by atoms with van der Waals surface area (Å²) < 4.78 is 11.2. The van der Waals surface area contributed by atoms with Crippen molar-refractivity contribution in [3.8, 4) is 11.5 Å². The highest BCUT2D eigenvalue weighted by molar-refractivity contribution is 9.10. The zero-order chi connectivity index (χ0) is 16.1. The summed E-state index contributed by atoms with van der Waals surface area (Å²) in [7, 11) is 3.08. The smallest absolute Gasteiger partial charge is 0.261 e. The van der Waals surface area contributed by atoms with Crippen LogP contribution in [0.15, 0.2) is 34.1 Å². The third-order valence-corrected chi connectivity index (χ3v) is 4.73. The van der Waals surface area contributed by atoms with Crippen molar-refractivity contribution in [2.75, 3.05) is 20.8 Å². The number of rotatable bonds is 6. The molecule has 5 nitrogen and oxygen atoms in total. The van der Waals surface area contributed by atoms with E-state index >= 15 is 0 Å². The quantitative estimate of drug-likeness (QED) is 0.801. The summed E-state index contributed by atoms with van der Waals surface area (Å²) in [6.07, 6.45) is -0.827. The number of carbonyl (C=O) groups excluding carboxylic acids is 1. The minimum Gasteiger partial charge on any atom is -0.493 e. The van der Waals surface area contributed by atoms with E-state index in [0.29, 0.717) is 21.9 Å². The van der Waals surface area contributed by atoms with E-state index in [0.717, 1.165) is 4.47 Å². The SMILES string of the molecule is COc1ccc(C(O)CNC(=O)c2cc(Br)cs2)cc1OC. The van der Waals surface area contributed by atoms with E-state index in [1.165, 1.54) is 18.4 Å². The van der Waals surface area contributed by atoms with Crippen molar-refractivity contribution < 1.29 is 19.4 Å². The number of hydrogen-bond donors (Lipinski definition) is 2. The summed E-state index contributed by atoms with van der Waals surface area (Å²) in [6.45, 7) is 0.115. The number of hydrogen-bond acceptors (Lipinski definition) is 5. The Bertz CT molecular complexity index is 659. The Morgan fingerprint density at radius 2 is 2.05 bits per heavy atom. The first-order chi connectivity index (χ1) is 10.5. The highest BCUT2D eigenvalue weighted by Crippen LogP contribution is 2.29. The molecule has 2 aromatic rings. The highest BCUT2D eigenvalue weighted by atomic mass is 79.9. The van der Waals surface area contributed by atoms with Gasteiger partial charge in [0.1, 0.15) is 0 Å². The van der Waals surface area contributed by atoms with E-state index in [1.54, 1.807) is 31.4 Å². The lowest BCUT2D eigenvalue weighted by molar-refractivity contribution is 0.0920. The Balaban J connectivity index is 2.00. The van der Waals surface area contributed by atoms with E-state index in [-0.39, 0.29) is 12.5 Å². The summed E-state index contributed by atoms with van der Waals surface area (Å²) in [6, 6.07) is 6.88. The molecule has 1 atom stereocenters. The zero-order valence-electron chi connectivity index (χ0n) is 12.1. The fourth-order valence-corrected chi connectivity index (χ4v) is 3.23. The van der Waals surface area contributed by atoms with Gasteiger partial charge >= 0.3 is 0 Å². The third-order valence-electron chi connectivity index (χ3n) is 3.04. The monoisotopic (exact) mass is 385 g/mol. The molecular formula is C15H16BrNO4S. The van der Waals surface area contributed by atoms with Gasteiger partial charge in [0, 0.05) is 16.4 Å². The molecule has 0 radical (unpaired) electrons. The van der Waals surface area contributed by atoms with Crippen LogP contribution in [0.25, 0.3) is 0 Å². The molecule has 22 heavy (non-hydrogen) atoms. The summed E-state index contributed by atoms with van der Waals surface area (Å²) >= 11 is 4.64. The molecule has 1 aromatic carbocycles. The van der Waals surface area contributed by atoms with Gasteiger partial charge in [-0.15, -0.1) is 11.3 Å². The number of aliphatic hydroxyl groups excluding tert-OH is 1. The molecule has 0 bridgehead atoms. The molecule has 0 aliphatic rings. The number of thiophene rings is 1. The molecule has 1 amide bonds. The second-order valence-corrected chi connectivity index (χ2v) is 6.30. The van der Waals surface area contributed by atoms with Gasteiger partial charge in [-0.05, 0) is 39.7 Å². The topological polar surface area (TPSA) is 67.8 Å². The van der Waals surface area contributed by atoms with Crippen molar-refractivity contribution in [3.05, 3.63) is 44.6 Å². The molecule has 0 aliphatic heterocycles. The van der Waals surface area contributed by atoms with Gasteiger partial charge in [-0.1, -0.05) is 6.07 Å². The van der Waals surface area contributed by atoms with Crippen LogP contribution in [0.4, 0.5) is 0 Å². The number of carbonyl (C=O) groups is 1. The van der Waals surface area contributed by atoms with Crippen LogP contribution in [0.2, 0.25) is 0 Å². The van der Waals surface area contributed by atoms with Gasteiger partial charge in [0.05, 0.1) is 25.2 Å². The Kier molecular flexibility index (Phi) is 5.82. The van der Waals surface area contributed by atoms with Crippen molar-refractivity contribution in [1.82, 2.24) is 5.32 Å². The van der Waals surface area contributed by atoms with E-state index < -0.39 is 6.10 Å². The maximum Gasteiger partial charge on any atom is 0.261 e. The van der Waals surface area contributed by atoms with E-state index in [4.69, 9.17) is 9.47 Å². The molecule has 0 aliphatic carbocycles. The fraction of sp³-hybridized carbons (Fsp3) is 0.267. The first-order valence-electron chi connectivity index (χ1n) is 6.47. The average molecular weight is 386 g/mol. The molecule has 0 spiro atoms. The first-order valence-corrected chi connectivity index (χ1v) is 8.14. The summed E-state index contributed by atoms with van der Waals surface area (Å²) in [5, 5.41) is 14.7. The molecule has 1 heterocycles. The molecule has 7 heteroatoms. The number of ether oxygens (including phenoxy) is 2. The molecule has 1 unspecified atom stereocenters. The van der Waals surface area contributed by atoms with E-state index in [2.05, 4.69) is 21.2 Å². The average Bonchev–Trinajstić information content (AvgIpc) is 2.98. The lowest BCUT2D eigenvalue weighted by Crippen LogP contribution is -2.27. The lowest BCUT2D eigenvalue weighted by Gasteiger charge is -2.14. The van der Waals surface area contributed by atoms with Crippen molar-refractivity contribution in [2.45, 2.75) is 6.10 Å². The number of aliphatic hydroxyl groups is 1. The van der Waals surface area contributed by atoms with Crippen LogP contribution >= 0.6 is 27.3 Å². The fourth-order valence-electron chi connectivity index (χ4n) is 1.89. The van der Waals surface area contributed by atoms with Gasteiger partial charge < -0.3 is 19.9 Å². The number of benzene rings is 1. The molecule has 118 valence electrons. The second-order valence-electron chi connectivity index (χ2n) is 4.47. The maximum atomic E-state index is 11.9. The van der Waals surface area contributed by atoms with Crippen LogP contribution < -0.4 is 14.8 Å². The van der Waals surface area contributed by atoms with Crippen LogP contribution in [-0.4, -0.2) is 31.8 Å². The Labute approximate surface area is 141 Å². The van der Waals surface area contributed by atoms with Gasteiger partial charge in [-0.3, -0.25) is 4.79 Å². The van der Waals surface area contributed by atoms with E-state index in [9.17, 15) is 9.90 Å². The maximum absolute atomic E-state index is 11.9. The standard InChI is InChI=1S/C15H16BrNO4S/c1-20-12-4-3-9(5-13(12)21-2)11(18)7-17-15(19)14-6-10(16)8-22-14/h3-6,8,11,18H,7H2,1-2H3,(H,17,19). The minimum atomic E-state index is -0.827. The Morgan fingerprint density at radius 1 is 1.32 bits per heavy atom. The first kappa shape index (κ1) is 16.8. The molecule has 2 rings (SSSR count). The van der Waals surface area contributed by atoms with Gasteiger partial charge in [-0.25, -0.2) is 0 Å². The highest BCUT2D eigenvalue weighted by Gasteiger charge is 2.14. The van der Waals surface area contributed by atoms with Gasteiger partial charge in [0.2, 0.25) is 0 Å². The minimum absolute atomic E-state index is 0.115. The largest absolute Gasteiger partial charge is 0.493 e. The van der Waals surface area contributed by atoms with Crippen LogP contribution in [0.3, 0.4) is 0 Å². The predicted molar refractivity (Wildman–Crippen MR) is 88.9 cm³/mol. The molecular weight excluding hydrogens is 370 g/mol. The van der Waals surface area contributed by atoms with Crippen LogP contribution in [0.5, 0.6) is 11.5 Å². The third kappa shape index (κ3) is 4.00. The zero-order valence-corrected chi connectivity index (χ0v) is 14.5. The van der Waals surface area contributed by atoms with Crippen molar-refractivity contribution in [2.24, 2.45) is 0 Å². The molecule has 1 aromatic heterocycles. The Hall–Kier alpha value is -1.57. The van der Waals surface area contributed by atoms with Crippen LogP contribution in [0, 0.1) is 0 Å². The van der Waals surface area contributed by atoms with Crippen molar-refractivity contribution in [1.29, 1.82) is 0 Å². The van der Waals surface area contributed by atoms with Crippen molar-refractivity contribution >= 4 is 33.2 Å². The van der Waals surface area contributed by atoms with Gasteiger partial charge in [0.25, 0.3) is 5.91 Å². The second kappa shape index (κ2) is 7.62. The lowest BCUT2D eigenvalue weighted by atomic mass is 10.1. The molecule has 2 N–H and O–H groups in total. The molecule has 0 saturated carbocycles. The number of nitrogens with one attached hydrogen (secondary N) is 1. The number of methoxy groups -OCH3 is 2. The van der Waals surface area contributed by atoms with Gasteiger partial charge in [-0.2, -0.15) is 0 Å². The number of amides is 1. The van der Waals surface area contributed by atoms with Crippen molar-refractivity contribution in [3.63, 3.8) is 0 Å². The van der Waals surface area contributed by atoms with E-state index in [1.807, 2.05) is 5.38 Å². The van der Waals surface area contributed by atoms with Gasteiger partial charge in [0.15, 0.2) is 11.5 Å². The Morgan fingerprint density at radius 3 is 2.64 bits per heavy atom. The summed E-state index contributed by atoms with van der Waals surface area (Å²) in [5.74, 6) is 0.911. The molecule has 0 saturated heterocycles. The summed E-state index contributed by atoms with van der Waals surface area (Å²) in [5.41, 5.74) is 0.644. The van der Waals surface area contributed by atoms with Crippen LogP contribution in [0.1, 0.15) is 21.3 Å². The normalized spacial score (nSPS) is 11.8. The summed E-state index contributed by atoms with van der Waals surface area (Å²) in [4.78, 5) is 12.5. The number of halogens is 1.